The molecule has 0 amide bonds. The van der Waals surface area contributed by atoms with Crippen LogP contribution in [0.4, 0.5) is 10.1 Å². The van der Waals surface area contributed by atoms with Gasteiger partial charge in [0, 0.05) is 6.61 Å². The van der Waals surface area contributed by atoms with Crippen molar-refractivity contribution < 1.29 is 17.5 Å². The number of hydrogen-bond acceptors (Lipinski definition) is 4. The summed E-state index contributed by atoms with van der Waals surface area (Å²) in [5.41, 5.74) is 5.47. The SMILES string of the molecule is CCOCS(=O)(=O)c1cc(F)ccc1N. The molecule has 4 nitrogen and oxygen atoms in total. The smallest absolute Gasteiger partial charge is 0.204 e. The van der Waals surface area contributed by atoms with Crippen molar-refractivity contribution in [2.24, 2.45) is 0 Å². The van der Waals surface area contributed by atoms with E-state index in [0.29, 0.717) is 0 Å². The van der Waals surface area contributed by atoms with E-state index >= 15 is 0 Å². The molecule has 0 spiro atoms. The predicted octanol–water partition coefficient (Wildman–Crippen LogP) is 1.18. The quantitative estimate of drug-likeness (QED) is 0.793. The Balaban J connectivity index is 3.09. The van der Waals surface area contributed by atoms with Crippen LogP contribution in [0.3, 0.4) is 0 Å². The van der Waals surface area contributed by atoms with Crippen LogP contribution in [0.25, 0.3) is 0 Å². The summed E-state index contributed by atoms with van der Waals surface area (Å²) in [6.45, 7) is 1.94. The Hall–Kier alpha value is -1.14. The van der Waals surface area contributed by atoms with Crippen LogP contribution in [-0.4, -0.2) is 21.0 Å². The van der Waals surface area contributed by atoms with E-state index in [-0.39, 0.29) is 17.2 Å². The summed E-state index contributed by atoms with van der Waals surface area (Å²) in [4.78, 5) is -0.226. The van der Waals surface area contributed by atoms with Gasteiger partial charge < -0.3 is 10.5 Å². The van der Waals surface area contributed by atoms with Crippen LogP contribution in [0, 0.1) is 5.82 Å². The average Bonchev–Trinajstić information content (AvgIpc) is 2.18. The number of ether oxygens (including phenoxy) is 1. The van der Waals surface area contributed by atoms with E-state index in [1.54, 1.807) is 6.92 Å². The van der Waals surface area contributed by atoms with Crippen LogP contribution in [0.1, 0.15) is 6.92 Å². The van der Waals surface area contributed by atoms with Gasteiger partial charge in [0.1, 0.15) is 5.82 Å². The van der Waals surface area contributed by atoms with E-state index in [9.17, 15) is 12.8 Å². The maximum atomic E-state index is 12.8. The minimum Gasteiger partial charge on any atom is -0.398 e. The van der Waals surface area contributed by atoms with Gasteiger partial charge in [0.05, 0.1) is 10.6 Å². The van der Waals surface area contributed by atoms with Crippen molar-refractivity contribution in [3.8, 4) is 0 Å². The zero-order valence-corrected chi connectivity index (χ0v) is 9.05. The third kappa shape index (κ3) is 2.90. The molecule has 0 aliphatic heterocycles. The second-order valence-electron chi connectivity index (χ2n) is 2.91. The minimum absolute atomic E-state index is 0.0242. The number of sulfone groups is 1. The number of halogens is 1. The van der Waals surface area contributed by atoms with E-state index < -0.39 is 21.6 Å². The zero-order chi connectivity index (χ0) is 11.5. The standard InChI is InChI=1S/C9H12FNO3S/c1-2-14-6-15(12,13)9-5-7(10)3-4-8(9)11/h3-5H,2,6,11H2,1H3. The van der Waals surface area contributed by atoms with Crippen molar-refractivity contribution in [1.29, 1.82) is 0 Å². The fraction of sp³-hybridized carbons (Fsp3) is 0.333. The Labute approximate surface area is 87.8 Å². The fourth-order valence-electron chi connectivity index (χ4n) is 1.03. The number of rotatable bonds is 4. The summed E-state index contributed by atoms with van der Waals surface area (Å²) in [6.07, 6.45) is 0. The van der Waals surface area contributed by atoms with Gasteiger partial charge in [0.25, 0.3) is 0 Å². The Morgan fingerprint density at radius 3 is 2.73 bits per heavy atom. The summed E-state index contributed by atoms with van der Waals surface area (Å²) in [6, 6.07) is 3.22. The molecule has 0 saturated heterocycles. The van der Waals surface area contributed by atoms with Crippen molar-refractivity contribution in [3.63, 3.8) is 0 Å². The summed E-state index contributed by atoms with van der Waals surface area (Å²) >= 11 is 0. The van der Waals surface area contributed by atoms with Crippen LogP contribution in [0.2, 0.25) is 0 Å². The first-order valence-electron chi connectivity index (χ1n) is 4.33. The van der Waals surface area contributed by atoms with Crippen molar-refractivity contribution in [1.82, 2.24) is 0 Å². The number of nitrogens with two attached hydrogens (primary N) is 1. The van der Waals surface area contributed by atoms with Crippen LogP contribution >= 0.6 is 0 Å². The van der Waals surface area contributed by atoms with Gasteiger partial charge in [-0.25, -0.2) is 12.8 Å². The van der Waals surface area contributed by atoms with Gasteiger partial charge in [-0.3, -0.25) is 0 Å². The number of anilines is 1. The van der Waals surface area contributed by atoms with Gasteiger partial charge in [-0.1, -0.05) is 0 Å². The molecule has 0 fully saturated rings. The van der Waals surface area contributed by atoms with Gasteiger partial charge in [-0.2, -0.15) is 0 Å². The topological polar surface area (TPSA) is 69.4 Å². The predicted molar refractivity (Wildman–Crippen MR) is 54.5 cm³/mol. The molecule has 6 heteroatoms. The van der Waals surface area contributed by atoms with Gasteiger partial charge in [-0.05, 0) is 25.1 Å². The molecular weight excluding hydrogens is 221 g/mol. The molecule has 0 aromatic heterocycles. The lowest BCUT2D eigenvalue weighted by Gasteiger charge is -2.07. The molecule has 1 rings (SSSR count). The summed E-state index contributed by atoms with van der Waals surface area (Å²) in [5, 5.41) is 0. The molecule has 0 atom stereocenters. The van der Waals surface area contributed by atoms with E-state index in [0.717, 1.165) is 12.1 Å². The molecule has 0 aliphatic carbocycles. The second kappa shape index (κ2) is 4.59. The number of hydrogen-bond donors (Lipinski definition) is 1. The number of nitrogen functional groups attached to an aromatic ring is 1. The molecule has 0 aliphatic rings. The Kier molecular flexibility index (Phi) is 3.65. The van der Waals surface area contributed by atoms with Crippen molar-refractivity contribution >= 4 is 15.5 Å². The average molecular weight is 233 g/mol. The maximum Gasteiger partial charge on any atom is 0.204 e. The first kappa shape index (κ1) is 11.9. The van der Waals surface area contributed by atoms with E-state index in [1.165, 1.54) is 6.07 Å². The van der Waals surface area contributed by atoms with Crippen molar-refractivity contribution in [3.05, 3.63) is 24.0 Å². The van der Waals surface area contributed by atoms with Gasteiger partial charge in [0.2, 0.25) is 9.84 Å². The minimum atomic E-state index is -3.66. The van der Waals surface area contributed by atoms with Gasteiger partial charge in [0.15, 0.2) is 5.94 Å². The summed E-state index contributed by atoms with van der Waals surface area (Å²) in [5.74, 6) is -1.13. The normalized spacial score (nSPS) is 11.6. The van der Waals surface area contributed by atoms with Crippen LogP contribution in [0.15, 0.2) is 23.1 Å². The molecule has 2 N–H and O–H groups in total. The molecule has 1 aromatic carbocycles. The Morgan fingerprint density at radius 1 is 1.47 bits per heavy atom. The molecule has 1 aromatic rings. The maximum absolute atomic E-state index is 12.8. The van der Waals surface area contributed by atoms with Gasteiger partial charge in [-0.15, -0.1) is 0 Å². The second-order valence-corrected chi connectivity index (χ2v) is 4.81. The molecule has 0 unspecified atom stereocenters. The highest BCUT2D eigenvalue weighted by Gasteiger charge is 2.18. The zero-order valence-electron chi connectivity index (χ0n) is 8.23. The van der Waals surface area contributed by atoms with Crippen LogP contribution in [0.5, 0.6) is 0 Å². The third-order valence-corrected chi connectivity index (χ3v) is 3.25. The number of benzene rings is 1. The molecule has 15 heavy (non-hydrogen) atoms. The highest BCUT2D eigenvalue weighted by Crippen LogP contribution is 2.20. The molecule has 0 saturated carbocycles. The van der Waals surface area contributed by atoms with Crippen molar-refractivity contribution in [2.45, 2.75) is 11.8 Å². The van der Waals surface area contributed by atoms with Crippen molar-refractivity contribution in [2.75, 3.05) is 18.3 Å². The largest absolute Gasteiger partial charge is 0.398 e. The Bertz CT molecular complexity index is 445. The van der Waals surface area contributed by atoms with E-state index in [4.69, 9.17) is 10.5 Å². The lowest BCUT2D eigenvalue weighted by molar-refractivity contribution is 0.192. The lowest BCUT2D eigenvalue weighted by Crippen LogP contribution is -2.12. The molecule has 0 heterocycles. The Morgan fingerprint density at radius 2 is 2.13 bits per heavy atom. The summed E-state index contributed by atoms with van der Waals surface area (Å²) in [7, 11) is -3.66. The molecule has 0 radical (unpaired) electrons. The molecule has 0 bridgehead atoms. The first-order valence-corrected chi connectivity index (χ1v) is 5.98. The monoisotopic (exact) mass is 233 g/mol. The van der Waals surface area contributed by atoms with Crippen LogP contribution < -0.4 is 5.73 Å². The van der Waals surface area contributed by atoms with E-state index in [2.05, 4.69) is 0 Å². The fourth-order valence-corrected chi connectivity index (χ4v) is 2.27. The van der Waals surface area contributed by atoms with E-state index in [1.807, 2.05) is 0 Å². The lowest BCUT2D eigenvalue weighted by atomic mass is 10.3. The molecular formula is C9H12FNO3S. The highest BCUT2D eigenvalue weighted by atomic mass is 32.2. The molecule has 84 valence electrons. The van der Waals surface area contributed by atoms with Crippen LogP contribution in [-0.2, 0) is 14.6 Å². The highest BCUT2D eigenvalue weighted by molar-refractivity contribution is 7.91. The third-order valence-electron chi connectivity index (χ3n) is 1.75. The summed E-state index contributed by atoms with van der Waals surface area (Å²) < 4.78 is 40.8. The first-order chi connectivity index (χ1) is 6.97. The van der Waals surface area contributed by atoms with Gasteiger partial charge >= 0.3 is 0 Å².